The van der Waals surface area contributed by atoms with Gasteiger partial charge < -0.3 is 5.73 Å². The molecular formula is C15H25N5. The second-order valence-corrected chi connectivity index (χ2v) is 5.98. The van der Waals surface area contributed by atoms with Crippen molar-refractivity contribution < 1.29 is 0 Å². The van der Waals surface area contributed by atoms with E-state index >= 15 is 0 Å². The quantitative estimate of drug-likeness (QED) is 0.828. The third-order valence-corrected chi connectivity index (χ3v) is 3.62. The van der Waals surface area contributed by atoms with Gasteiger partial charge in [-0.2, -0.15) is 0 Å². The molecule has 1 aliphatic rings. The molecule has 0 saturated carbocycles. The predicted octanol–water partition coefficient (Wildman–Crippen LogP) is 2.38. The van der Waals surface area contributed by atoms with Gasteiger partial charge >= 0.3 is 0 Å². The van der Waals surface area contributed by atoms with E-state index in [0.29, 0.717) is 12.3 Å². The van der Waals surface area contributed by atoms with Crippen molar-refractivity contribution >= 4 is 11.5 Å². The molecule has 1 aromatic rings. The third kappa shape index (κ3) is 3.04. The lowest BCUT2D eigenvalue weighted by Gasteiger charge is -2.46. The Hall–Kier alpha value is -1.75. The summed E-state index contributed by atoms with van der Waals surface area (Å²) in [7, 11) is 0. The van der Waals surface area contributed by atoms with Gasteiger partial charge in [0.1, 0.15) is 5.84 Å². The smallest absolute Gasteiger partial charge is 0.125 e. The van der Waals surface area contributed by atoms with Crippen molar-refractivity contribution in [3.63, 3.8) is 0 Å². The maximum Gasteiger partial charge on any atom is 0.125 e. The zero-order valence-electron chi connectivity index (χ0n) is 12.6. The summed E-state index contributed by atoms with van der Waals surface area (Å²) < 4.78 is 0. The highest BCUT2D eigenvalue weighted by Crippen LogP contribution is 2.30. The molecule has 4 N–H and O–H groups in total. The van der Waals surface area contributed by atoms with Crippen molar-refractivity contribution in [1.29, 1.82) is 0 Å². The van der Waals surface area contributed by atoms with Crippen LogP contribution in [0.3, 0.4) is 0 Å². The van der Waals surface area contributed by atoms with Gasteiger partial charge in [-0.25, -0.2) is 10.9 Å². The second kappa shape index (κ2) is 5.71. The summed E-state index contributed by atoms with van der Waals surface area (Å²) in [6.07, 6.45) is 4.25. The Balaban J connectivity index is 2.22. The van der Waals surface area contributed by atoms with E-state index in [1.165, 1.54) is 23.6 Å². The minimum Gasteiger partial charge on any atom is -0.386 e. The molecular weight excluding hydrogens is 250 g/mol. The molecule has 0 radical (unpaired) electrons. The Kier molecular flexibility index (Phi) is 4.18. The standard InChI is InChI=1S/C15H25N5/c1-4-5-6-12-7-9-13(10-8-12)19-15(2,3)11-14(16)18-20(19)17/h7-10H,4-6,11,17H2,1-3H3,(H2,16,18). The summed E-state index contributed by atoms with van der Waals surface area (Å²) >= 11 is 0. The molecule has 0 unspecified atom stereocenters. The molecule has 0 amide bonds. The number of rotatable bonds is 4. The lowest BCUT2D eigenvalue weighted by molar-refractivity contribution is 0.184. The lowest BCUT2D eigenvalue weighted by atomic mass is 9.97. The van der Waals surface area contributed by atoms with E-state index in [2.05, 4.69) is 50.1 Å². The van der Waals surface area contributed by atoms with Crippen LogP contribution in [0, 0.1) is 0 Å². The summed E-state index contributed by atoms with van der Waals surface area (Å²) in [6.45, 7) is 6.43. The molecule has 5 heteroatoms. The summed E-state index contributed by atoms with van der Waals surface area (Å²) in [5.74, 6) is 6.55. The average Bonchev–Trinajstić information content (AvgIpc) is 2.35. The average molecular weight is 275 g/mol. The van der Waals surface area contributed by atoms with Crippen LogP contribution in [0.15, 0.2) is 29.4 Å². The Labute approximate surface area is 121 Å². The minimum absolute atomic E-state index is 0.189. The zero-order chi connectivity index (χ0) is 14.8. The zero-order valence-corrected chi connectivity index (χ0v) is 12.6. The molecule has 20 heavy (non-hydrogen) atoms. The van der Waals surface area contributed by atoms with E-state index in [4.69, 9.17) is 11.6 Å². The first-order chi connectivity index (χ1) is 9.44. The van der Waals surface area contributed by atoms with Crippen LogP contribution >= 0.6 is 0 Å². The Morgan fingerprint density at radius 1 is 1.25 bits per heavy atom. The van der Waals surface area contributed by atoms with Crippen LogP contribution in [0.25, 0.3) is 0 Å². The van der Waals surface area contributed by atoms with Gasteiger partial charge in [-0.15, -0.1) is 10.3 Å². The minimum atomic E-state index is -0.189. The summed E-state index contributed by atoms with van der Waals surface area (Å²) in [5.41, 5.74) is 8.03. The first kappa shape index (κ1) is 14.7. The van der Waals surface area contributed by atoms with E-state index in [9.17, 15) is 0 Å². The van der Waals surface area contributed by atoms with Crippen LogP contribution in [0.2, 0.25) is 0 Å². The van der Waals surface area contributed by atoms with Gasteiger partial charge in [0.2, 0.25) is 0 Å². The van der Waals surface area contributed by atoms with Crippen molar-refractivity contribution in [3.8, 4) is 0 Å². The summed E-state index contributed by atoms with van der Waals surface area (Å²) in [5, 5.41) is 7.47. The molecule has 2 rings (SSSR count). The highest BCUT2D eigenvalue weighted by molar-refractivity contribution is 5.82. The molecule has 0 spiro atoms. The fraction of sp³-hybridized carbons (Fsp3) is 0.533. The van der Waals surface area contributed by atoms with E-state index in [-0.39, 0.29) is 5.54 Å². The first-order valence-corrected chi connectivity index (χ1v) is 7.21. The summed E-state index contributed by atoms with van der Waals surface area (Å²) in [4.78, 5) is 0. The number of amidine groups is 1. The predicted molar refractivity (Wildman–Crippen MR) is 83.9 cm³/mol. The van der Waals surface area contributed by atoms with Gasteiger partial charge in [0, 0.05) is 6.42 Å². The molecule has 0 fully saturated rings. The maximum atomic E-state index is 5.99. The van der Waals surface area contributed by atoms with Gasteiger partial charge in [-0.1, -0.05) is 25.5 Å². The molecule has 5 nitrogen and oxygen atoms in total. The second-order valence-electron chi connectivity index (χ2n) is 5.98. The number of hydrazone groups is 1. The highest BCUT2D eigenvalue weighted by Gasteiger charge is 2.35. The number of aryl methyl sites for hydroxylation is 1. The van der Waals surface area contributed by atoms with Crippen LogP contribution in [-0.2, 0) is 6.42 Å². The molecule has 1 aliphatic heterocycles. The Morgan fingerprint density at radius 2 is 1.90 bits per heavy atom. The lowest BCUT2D eigenvalue weighted by Crippen LogP contribution is -2.60. The SMILES string of the molecule is CCCCc1ccc(N2N(N)N=C(N)CC2(C)C)cc1. The monoisotopic (exact) mass is 275 g/mol. The Morgan fingerprint density at radius 3 is 2.45 bits per heavy atom. The normalized spacial score (nSPS) is 18.1. The number of hydrazine groups is 2. The van der Waals surface area contributed by atoms with Gasteiger partial charge in [0.15, 0.2) is 0 Å². The number of unbranched alkanes of at least 4 members (excludes halogenated alkanes) is 1. The van der Waals surface area contributed by atoms with Crippen molar-refractivity contribution in [2.75, 3.05) is 5.01 Å². The van der Waals surface area contributed by atoms with Gasteiger partial charge in [-0.05, 0) is 44.4 Å². The number of hydrogen-bond donors (Lipinski definition) is 2. The van der Waals surface area contributed by atoms with Crippen molar-refractivity contribution in [3.05, 3.63) is 29.8 Å². The number of anilines is 1. The third-order valence-electron chi connectivity index (χ3n) is 3.62. The van der Waals surface area contributed by atoms with E-state index in [1.807, 2.05) is 5.01 Å². The number of hydrogen-bond acceptors (Lipinski definition) is 5. The van der Waals surface area contributed by atoms with Crippen LogP contribution in [0.5, 0.6) is 0 Å². The molecule has 0 aromatic heterocycles. The number of benzene rings is 1. The van der Waals surface area contributed by atoms with Crippen LogP contribution in [0.4, 0.5) is 5.69 Å². The highest BCUT2D eigenvalue weighted by atomic mass is 15.9. The van der Waals surface area contributed by atoms with E-state index in [1.54, 1.807) is 0 Å². The van der Waals surface area contributed by atoms with E-state index < -0.39 is 0 Å². The van der Waals surface area contributed by atoms with Crippen LogP contribution < -0.4 is 16.6 Å². The van der Waals surface area contributed by atoms with Gasteiger partial charge in [0.05, 0.1) is 11.2 Å². The summed E-state index contributed by atoms with van der Waals surface area (Å²) in [6, 6.07) is 8.53. The topological polar surface area (TPSA) is 70.9 Å². The molecule has 110 valence electrons. The molecule has 0 bridgehead atoms. The number of nitrogens with zero attached hydrogens (tertiary/aromatic N) is 3. The maximum absolute atomic E-state index is 5.99. The molecule has 1 heterocycles. The fourth-order valence-electron chi connectivity index (χ4n) is 2.66. The molecule has 0 atom stereocenters. The van der Waals surface area contributed by atoms with Crippen molar-refractivity contribution in [2.45, 2.75) is 52.0 Å². The fourth-order valence-corrected chi connectivity index (χ4v) is 2.66. The Bertz CT molecular complexity index is 478. The van der Waals surface area contributed by atoms with Gasteiger partial charge in [-0.3, -0.25) is 0 Å². The van der Waals surface area contributed by atoms with Crippen LogP contribution in [0.1, 0.15) is 45.6 Å². The molecule has 1 aromatic carbocycles. The van der Waals surface area contributed by atoms with Gasteiger partial charge in [0.25, 0.3) is 0 Å². The molecule has 0 saturated heterocycles. The van der Waals surface area contributed by atoms with E-state index in [0.717, 1.165) is 12.1 Å². The van der Waals surface area contributed by atoms with Crippen molar-refractivity contribution in [1.82, 2.24) is 5.23 Å². The van der Waals surface area contributed by atoms with Crippen molar-refractivity contribution in [2.24, 2.45) is 16.7 Å². The number of nitrogens with two attached hydrogens (primary N) is 2. The largest absolute Gasteiger partial charge is 0.386 e. The molecule has 0 aliphatic carbocycles. The first-order valence-electron chi connectivity index (χ1n) is 7.21. The van der Waals surface area contributed by atoms with Crippen LogP contribution in [-0.4, -0.2) is 16.6 Å².